The van der Waals surface area contributed by atoms with Crippen molar-refractivity contribution in [3.8, 4) is 0 Å². The van der Waals surface area contributed by atoms with Gasteiger partial charge in [0.05, 0.1) is 11.4 Å². The van der Waals surface area contributed by atoms with Gasteiger partial charge in [-0.3, -0.25) is 4.79 Å². The van der Waals surface area contributed by atoms with Crippen molar-refractivity contribution in [3.63, 3.8) is 0 Å². The molecule has 0 saturated heterocycles. The molecule has 1 heterocycles. The molecule has 1 atom stereocenters. The van der Waals surface area contributed by atoms with Gasteiger partial charge in [-0.2, -0.15) is 0 Å². The van der Waals surface area contributed by atoms with Crippen molar-refractivity contribution in [2.75, 3.05) is 16.8 Å². The Balaban J connectivity index is 2.46. The minimum absolute atomic E-state index is 0.121. The van der Waals surface area contributed by atoms with Crippen LogP contribution in [0.25, 0.3) is 0 Å². The van der Waals surface area contributed by atoms with Gasteiger partial charge in [-0.15, -0.1) is 0 Å². The Morgan fingerprint density at radius 1 is 1.50 bits per heavy atom. The van der Waals surface area contributed by atoms with Crippen molar-refractivity contribution < 1.29 is 4.79 Å². The summed E-state index contributed by atoms with van der Waals surface area (Å²) < 4.78 is 0. The Morgan fingerprint density at radius 2 is 2.25 bits per heavy atom. The fourth-order valence-electron chi connectivity index (χ4n) is 2.03. The lowest BCUT2D eigenvalue weighted by Gasteiger charge is -2.33. The number of hydrogen-bond acceptors (Lipinski definition) is 3. The Labute approximate surface area is 95.4 Å². The number of nitrogens with zero attached hydrogens (tertiary/aromatic N) is 1. The molecule has 3 N–H and O–H groups in total. The lowest BCUT2D eigenvalue weighted by atomic mass is 10.1. The van der Waals surface area contributed by atoms with Gasteiger partial charge in [0.2, 0.25) is 5.91 Å². The highest BCUT2D eigenvalue weighted by molar-refractivity contribution is 6.04. The van der Waals surface area contributed by atoms with Crippen LogP contribution in [0.4, 0.5) is 11.4 Å². The molecule has 1 aliphatic rings. The van der Waals surface area contributed by atoms with Crippen LogP contribution >= 0.6 is 0 Å². The van der Waals surface area contributed by atoms with Gasteiger partial charge < -0.3 is 16.0 Å². The molecule has 1 unspecified atom stereocenters. The summed E-state index contributed by atoms with van der Waals surface area (Å²) in [6.45, 7) is 5.07. The highest BCUT2D eigenvalue weighted by atomic mass is 16.2. The molecule has 0 aliphatic carbocycles. The van der Waals surface area contributed by atoms with Crippen LogP contribution in [0.1, 0.15) is 19.4 Å². The van der Waals surface area contributed by atoms with Crippen molar-refractivity contribution in [2.45, 2.75) is 26.4 Å². The van der Waals surface area contributed by atoms with Crippen LogP contribution in [0.3, 0.4) is 0 Å². The SMILES string of the molecule is CCN1C(=O)C(C)Nc2cc(CN)ccc21. The first-order valence-electron chi connectivity index (χ1n) is 5.58. The molecule has 0 aromatic heterocycles. The van der Waals surface area contributed by atoms with Crippen molar-refractivity contribution in [1.29, 1.82) is 0 Å². The molecule has 1 aromatic carbocycles. The van der Waals surface area contributed by atoms with E-state index in [9.17, 15) is 4.79 Å². The third-order valence-electron chi connectivity index (χ3n) is 2.91. The van der Waals surface area contributed by atoms with Crippen LogP contribution in [-0.4, -0.2) is 18.5 Å². The Bertz CT molecular complexity index is 417. The molecular weight excluding hydrogens is 202 g/mol. The first-order valence-corrected chi connectivity index (χ1v) is 5.58. The van der Waals surface area contributed by atoms with E-state index in [0.717, 1.165) is 16.9 Å². The zero-order valence-corrected chi connectivity index (χ0v) is 9.66. The Kier molecular flexibility index (Phi) is 2.83. The van der Waals surface area contributed by atoms with Gasteiger partial charge in [0, 0.05) is 13.1 Å². The summed E-state index contributed by atoms with van der Waals surface area (Å²) in [5.41, 5.74) is 8.62. The van der Waals surface area contributed by atoms with Crippen LogP contribution in [0, 0.1) is 0 Å². The van der Waals surface area contributed by atoms with Crippen LogP contribution in [0.15, 0.2) is 18.2 Å². The molecule has 2 rings (SSSR count). The summed E-state index contributed by atoms with van der Waals surface area (Å²) in [4.78, 5) is 13.7. The average Bonchev–Trinajstić information content (AvgIpc) is 2.30. The molecule has 4 nitrogen and oxygen atoms in total. The number of benzene rings is 1. The molecule has 86 valence electrons. The second-order valence-electron chi connectivity index (χ2n) is 4.00. The number of amides is 1. The minimum Gasteiger partial charge on any atom is -0.372 e. The number of carbonyl (C=O) groups excluding carboxylic acids is 1. The van der Waals surface area contributed by atoms with Crippen molar-refractivity contribution in [1.82, 2.24) is 0 Å². The standard InChI is InChI=1S/C12H17N3O/c1-3-15-11-5-4-9(7-13)6-10(11)14-8(2)12(15)16/h4-6,8,14H,3,7,13H2,1-2H3. The van der Waals surface area contributed by atoms with Crippen LogP contribution in [-0.2, 0) is 11.3 Å². The van der Waals surface area contributed by atoms with Gasteiger partial charge in [0.25, 0.3) is 0 Å². The molecule has 1 aliphatic heterocycles. The molecule has 0 bridgehead atoms. The largest absolute Gasteiger partial charge is 0.372 e. The number of nitrogens with one attached hydrogen (secondary N) is 1. The van der Waals surface area contributed by atoms with Crippen LogP contribution in [0.5, 0.6) is 0 Å². The molecule has 1 aromatic rings. The highest BCUT2D eigenvalue weighted by Gasteiger charge is 2.28. The van der Waals surface area contributed by atoms with Gasteiger partial charge in [-0.1, -0.05) is 6.07 Å². The minimum atomic E-state index is -0.166. The topological polar surface area (TPSA) is 58.4 Å². The van der Waals surface area contributed by atoms with E-state index < -0.39 is 0 Å². The first kappa shape index (κ1) is 11.0. The average molecular weight is 219 g/mol. The van der Waals surface area contributed by atoms with E-state index >= 15 is 0 Å². The number of fused-ring (bicyclic) bond motifs is 1. The molecule has 0 saturated carbocycles. The third kappa shape index (κ3) is 1.65. The second kappa shape index (κ2) is 4.14. The van der Waals surface area contributed by atoms with Crippen molar-refractivity contribution >= 4 is 17.3 Å². The van der Waals surface area contributed by atoms with E-state index in [0.29, 0.717) is 13.1 Å². The van der Waals surface area contributed by atoms with E-state index in [4.69, 9.17) is 5.73 Å². The molecule has 0 fully saturated rings. The molecule has 0 spiro atoms. The van der Waals surface area contributed by atoms with Gasteiger partial charge >= 0.3 is 0 Å². The normalized spacial score (nSPS) is 19.3. The van der Waals surface area contributed by atoms with Crippen molar-refractivity contribution in [3.05, 3.63) is 23.8 Å². The van der Waals surface area contributed by atoms with E-state index in [1.165, 1.54) is 0 Å². The monoisotopic (exact) mass is 219 g/mol. The first-order chi connectivity index (χ1) is 7.67. The smallest absolute Gasteiger partial charge is 0.249 e. The van der Waals surface area contributed by atoms with E-state index in [1.807, 2.05) is 32.0 Å². The fourth-order valence-corrected chi connectivity index (χ4v) is 2.03. The van der Waals surface area contributed by atoms with Crippen LogP contribution < -0.4 is 16.0 Å². The van der Waals surface area contributed by atoms with Gasteiger partial charge in [-0.05, 0) is 31.5 Å². The molecule has 1 amide bonds. The van der Waals surface area contributed by atoms with Gasteiger partial charge in [0.1, 0.15) is 6.04 Å². The maximum absolute atomic E-state index is 11.9. The second-order valence-corrected chi connectivity index (χ2v) is 4.00. The predicted molar refractivity (Wildman–Crippen MR) is 65.4 cm³/mol. The fraction of sp³-hybridized carbons (Fsp3) is 0.417. The molecule has 16 heavy (non-hydrogen) atoms. The number of likely N-dealkylation sites (N-methyl/N-ethyl adjacent to an activating group) is 1. The third-order valence-corrected chi connectivity index (χ3v) is 2.91. The van der Waals surface area contributed by atoms with Gasteiger partial charge in [0.15, 0.2) is 0 Å². The number of nitrogens with two attached hydrogens (primary N) is 1. The maximum atomic E-state index is 11.9. The van der Waals surface area contributed by atoms with Crippen molar-refractivity contribution in [2.24, 2.45) is 5.73 Å². The summed E-state index contributed by atoms with van der Waals surface area (Å²) >= 11 is 0. The summed E-state index contributed by atoms with van der Waals surface area (Å²) in [5.74, 6) is 0.121. The molecule has 0 radical (unpaired) electrons. The summed E-state index contributed by atoms with van der Waals surface area (Å²) in [7, 11) is 0. The van der Waals surface area contributed by atoms with Crippen LogP contribution in [0.2, 0.25) is 0 Å². The molecule has 4 heteroatoms. The molecular formula is C12H17N3O. The predicted octanol–water partition coefficient (Wildman–Crippen LogP) is 1.31. The zero-order valence-electron chi connectivity index (χ0n) is 9.66. The van der Waals surface area contributed by atoms with E-state index in [-0.39, 0.29) is 11.9 Å². The summed E-state index contributed by atoms with van der Waals surface area (Å²) in [6, 6.07) is 5.77. The zero-order chi connectivity index (χ0) is 11.7. The summed E-state index contributed by atoms with van der Waals surface area (Å²) in [6.07, 6.45) is 0. The van der Waals surface area contributed by atoms with E-state index in [1.54, 1.807) is 4.90 Å². The number of rotatable bonds is 2. The number of hydrogen-bond donors (Lipinski definition) is 2. The number of carbonyl (C=O) groups is 1. The van der Waals surface area contributed by atoms with E-state index in [2.05, 4.69) is 5.32 Å². The summed E-state index contributed by atoms with van der Waals surface area (Å²) in [5, 5.41) is 3.20. The number of anilines is 2. The van der Waals surface area contributed by atoms with Gasteiger partial charge in [-0.25, -0.2) is 0 Å². The lowest BCUT2D eigenvalue weighted by molar-refractivity contribution is -0.119. The Hall–Kier alpha value is -1.55. The Morgan fingerprint density at radius 3 is 2.88 bits per heavy atom. The lowest BCUT2D eigenvalue weighted by Crippen LogP contribution is -2.45. The highest BCUT2D eigenvalue weighted by Crippen LogP contribution is 2.32. The quantitative estimate of drug-likeness (QED) is 0.788. The maximum Gasteiger partial charge on any atom is 0.249 e.